The average molecular weight is 355 g/mol. The number of benzene rings is 3. The zero-order valence-corrected chi connectivity index (χ0v) is 15.7. The molecule has 0 bridgehead atoms. The molecule has 4 aromatic rings. The Morgan fingerprint density at radius 3 is 2.33 bits per heavy atom. The molecule has 0 amide bonds. The van der Waals surface area contributed by atoms with Crippen molar-refractivity contribution in [1.82, 2.24) is 9.97 Å². The maximum absolute atomic E-state index is 5.51. The van der Waals surface area contributed by atoms with E-state index in [0.717, 1.165) is 39.3 Å². The molecule has 1 aromatic heterocycles. The van der Waals surface area contributed by atoms with Crippen LogP contribution in [0.25, 0.3) is 22.3 Å². The minimum Gasteiger partial charge on any atom is -0.495 e. The van der Waals surface area contributed by atoms with Crippen LogP contribution in [-0.2, 0) is 0 Å². The number of ether oxygens (including phenoxy) is 1. The van der Waals surface area contributed by atoms with E-state index in [1.54, 1.807) is 7.11 Å². The fourth-order valence-electron chi connectivity index (χ4n) is 3.05. The van der Waals surface area contributed by atoms with Crippen molar-refractivity contribution in [3.05, 3.63) is 77.9 Å². The highest BCUT2D eigenvalue weighted by atomic mass is 16.5. The van der Waals surface area contributed by atoms with Gasteiger partial charge in [-0.25, -0.2) is 9.97 Å². The van der Waals surface area contributed by atoms with Crippen molar-refractivity contribution in [3.63, 3.8) is 0 Å². The Morgan fingerprint density at radius 2 is 1.56 bits per heavy atom. The Morgan fingerprint density at radius 1 is 0.815 bits per heavy atom. The standard InChI is InChI=1S/C23H21N3O/c1-15-8-11-17(12-9-15)22-24-19-7-5-4-6-18(19)23(26-22)25-20-14-16(2)10-13-21(20)27-3/h4-14H,1-3H3,(H,24,25,26). The maximum atomic E-state index is 5.51. The van der Waals surface area contributed by atoms with E-state index in [1.807, 2.05) is 36.4 Å². The molecule has 4 nitrogen and oxygen atoms in total. The molecule has 0 fully saturated rings. The van der Waals surface area contributed by atoms with Crippen LogP contribution in [0.15, 0.2) is 66.7 Å². The molecule has 0 saturated carbocycles. The number of hydrogen-bond donors (Lipinski definition) is 1. The van der Waals surface area contributed by atoms with Crippen molar-refractivity contribution in [1.29, 1.82) is 0 Å². The summed E-state index contributed by atoms with van der Waals surface area (Å²) in [4.78, 5) is 9.58. The number of aryl methyl sites for hydroxylation is 2. The fraction of sp³-hybridized carbons (Fsp3) is 0.130. The van der Waals surface area contributed by atoms with Gasteiger partial charge < -0.3 is 10.1 Å². The topological polar surface area (TPSA) is 47.0 Å². The number of anilines is 2. The molecule has 134 valence electrons. The van der Waals surface area contributed by atoms with Crippen molar-refractivity contribution in [2.24, 2.45) is 0 Å². The summed E-state index contributed by atoms with van der Waals surface area (Å²) in [6.07, 6.45) is 0. The van der Waals surface area contributed by atoms with E-state index >= 15 is 0 Å². The first-order valence-electron chi connectivity index (χ1n) is 8.89. The van der Waals surface area contributed by atoms with Gasteiger partial charge in [-0.2, -0.15) is 0 Å². The Labute approximate surface area is 158 Å². The third-order valence-corrected chi connectivity index (χ3v) is 4.52. The second-order valence-electron chi connectivity index (χ2n) is 6.61. The predicted octanol–water partition coefficient (Wildman–Crippen LogP) is 5.67. The molecule has 0 radical (unpaired) electrons. The molecule has 3 aromatic carbocycles. The minimum atomic E-state index is 0.697. The Balaban J connectivity index is 1.86. The monoisotopic (exact) mass is 355 g/mol. The highest BCUT2D eigenvalue weighted by molar-refractivity contribution is 5.92. The molecule has 27 heavy (non-hydrogen) atoms. The van der Waals surface area contributed by atoms with Gasteiger partial charge in [0.05, 0.1) is 18.3 Å². The predicted molar refractivity (Wildman–Crippen MR) is 111 cm³/mol. The van der Waals surface area contributed by atoms with Crippen LogP contribution < -0.4 is 10.1 Å². The van der Waals surface area contributed by atoms with E-state index in [-0.39, 0.29) is 0 Å². The van der Waals surface area contributed by atoms with Crippen molar-refractivity contribution in [3.8, 4) is 17.1 Å². The quantitative estimate of drug-likeness (QED) is 0.513. The number of hydrogen-bond acceptors (Lipinski definition) is 4. The molecule has 0 aliphatic carbocycles. The lowest BCUT2D eigenvalue weighted by Gasteiger charge is -2.14. The lowest BCUT2D eigenvalue weighted by molar-refractivity contribution is 0.416. The van der Waals surface area contributed by atoms with E-state index in [9.17, 15) is 0 Å². The second kappa shape index (κ2) is 7.08. The lowest BCUT2D eigenvalue weighted by Crippen LogP contribution is -2.01. The normalized spacial score (nSPS) is 10.8. The third-order valence-electron chi connectivity index (χ3n) is 4.52. The molecule has 0 atom stereocenters. The summed E-state index contributed by atoms with van der Waals surface area (Å²) in [7, 11) is 1.67. The summed E-state index contributed by atoms with van der Waals surface area (Å²) in [5.41, 5.74) is 5.14. The number of nitrogens with zero attached hydrogens (tertiary/aromatic N) is 2. The van der Waals surface area contributed by atoms with Gasteiger partial charge in [-0.15, -0.1) is 0 Å². The molecule has 0 aliphatic heterocycles. The van der Waals surface area contributed by atoms with Crippen molar-refractivity contribution in [2.75, 3.05) is 12.4 Å². The van der Waals surface area contributed by atoms with Crippen LogP contribution in [0.5, 0.6) is 5.75 Å². The maximum Gasteiger partial charge on any atom is 0.162 e. The molecule has 0 aliphatic rings. The molecule has 4 rings (SSSR count). The highest BCUT2D eigenvalue weighted by Gasteiger charge is 2.12. The smallest absolute Gasteiger partial charge is 0.162 e. The minimum absolute atomic E-state index is 0.697. The molecule has 4 heteroatoms. The highest BCUT2D eigenvalue weighted by Crippen LogP contribution is 2.32. The second-order valence-corrected chi connectivity index (χ2v) is 6.61. The molecule has 0 spiro atoms. The van der Waals surface area contributed by atoms with Gasteiger partial charge in [0.25, 0.3) is 0 Å². The van der Waals surface area contributed by atoms with Crippen molar-refractivity contribution < 1.29 is 4.74 Å². The summed E-state index contributed by atoms with van der Waals surface area (Å²) in [5.74, 6) is 2.24. The number of methoxy groups -OCH3 is 1. The van der Waals surface area contributed by atoms with E-state index in [0.29, 0.717) is 5.82 Å². The van der Waals surface area contributed by atoms with Crippen molar-refractivity contribution >= 4 is 22.4 Å². The first-order chi connectivity index (χ1) is 13.1. The number of rotatable bonds is 4. The lowest BCUT2D eigenvalue weighted by atomic mass is 10.1. The number of nitrogens with one attached hydrogen (secondary N) is 1. The van der Waals surface area contributed by atoms with Gasteiger partial charge in [0, 0.05) is 10.9 Å². The fourth-order valence-corrected chi connectivity index (χ4v) is 3.05. The molecule has 1 heterocycles. The number of para-hydroxylation sites is 1. The Hall–Kier alpha value is -3.40. The molecule has 0 unspecified atom stereocenters. The summed E-state index contributed by atoms with van der Waals surface area (Å²) in [5, 5.41) is 4.42. The Kier molecular flexibility index (Phi) is 4.47. The van der Waals surface area contributed by atoms with Crippen LogP contribution in [0.3, 0.4) is 0 Å². The van der Waals surface area contributed by atoms with Crippen LogP contribution in [0, 0.1) is 13.8 Å². The summed E-state index contributed by atoms with van der Waals surface area (Å²) in [6, 6.07) is 22.3. The summed E-state index contributed by atoms with van der Waals surface area (Å²) < 4.78 is 5.51. The molecular weight excluding hydrogens is 334 g/mol. The third kappa shape index (κ3) is 3.47. The van der Waals surface area contributed by atoms with Crippen LogP contribution in [0.4, 0.5) is 11.5 Å². The first kappa shape index (κ1) is 17.0. The Bertz CT molecular complexity index is 1100. The van der Waals surface area contributed by atoms with Gasteiger partial charge in [-0.1, -0.05) is 48.0 Å². The van der Waals surface area contributed by atoms with E-state index in [2.05, 4.69) is 49.5 Å². The van der Waals surface area contributed by atoms with Gasteiger partial charge >= 0.3 is 0 Å². The average Bonchev–Trinajstić information content (AvgIpc) is 2.69. The number of aromatic nitrogens is 2. The first-order valence-corrected chi connectivity index (χ1v) is 8.89. The van der Waals surface area contributed by atoms with Gasteiger partial charge in [-0.05, 0) is 43.7 Å². The number of fused-ring (bicyclic) bond motifs is 1. The van der Waals surface area contributed by atoms with Crippen LogP contribution >= 0.6 is 0 Å². The van der Waals surface area contributed by atoms with E-state index in [4.69, 9.17) is 14.7 Å². The van der Waals surface area contributed by atoms with Crippen LogP contribution in [0.1, 0.15) is 11.1 Å². The van der Waals surface area contributed by atoms with E-state index in [1.165, 1.54) is 5.56 Å². The van der Waals surface area contributed by atoms with Gasteiger partial charge in [0.2, 0.25) is 0 Å². The van der Waals surface area contributed by atoms with Crippen LogP contribution in [-0.4, -0.2) is 17.1 Å². The van der Waals surface area contributed by atoms with Gasteiger partial charge in [0.15, 0.2) is 5.82 Å². The van der Waals surface area contributed by atoms with E-state index < -0.39 is 0 Å². The zero-order chi connectivity index (χ0) is 18.8. The molecule has 1 N–H and O–H groups in total. The largest absolute Gasteiger partial charge is 0.495 e. The van der Waals surface area contributed by atoms with Gasteiger partial charge in [-0.3, -0.25) is 0 Å². The van der Waals surface area contributed by atoms with Crippen LogP contribution in [0.2, 0.25) is 0 Å². The van der Waals surface area contributed by atoms with Gasteiger partial charge in [0.1, 0.15) is 11.6 Å². The summed E-state index contributed by atoms with van der Waals surface area (Å²) >= 11 is 0. The SMILES string of the molecule is COc1ccc(C)cc1Nc1nc(-c2ccc(C)cc2)nc2ccccc12. The van der Waals surface area contributed by atoms with Crippen molar-refractivity contribution in [2.45, 2.75) is 13.8 Å². The summed E-state index contributed by atoms with van der Waals surface area (Å²) in [6.45, 7) is 4.13. The zero-order valence-electron chi connectivity index (χ0n) is 15.7. The molecule has 0 saturated heterocycles. The molecular formula is C23H21N3O.